The van der Waals surface area contributed by atoms with Gasteiger partial charge >= 0.3 is 0 Å². The van der Waals surface area contributed by atoms with Crippen LogP contribution in [0.3, 0.4) is 0 Å². The molecule has 0 aromatic heterocycles. The van der Waals surface area contributed by atoms with Crippen LogP contribution in [-0.2, 0) is 16.2 Å². The molecular formula is C23H27N3O4. The van der Waals surface area contributed by atoms with Crippen LogP contribution in [0.2, 0.25) is 0 Å². The van der Waals surface area contributed by atoms with Crippen molar-refractivity contribution < 1.29 is 19.5 Å². The molecule has 0 aliphatic carbocycles. The summed E-state index contributed by atoms with van der Waals surface area (Å²) in [5.74, 6) is -0.854. The van der Waals surface area contributed by atoms with Crippen LogP contribution in [0.25, 0.3) is 6.08 Å². The Bertz CT molecular complexity index is 965. The first-order chi connectivity index (χ1) is 14.3. The number of carbonyl (C=O) groups excluding carboxylic acids is 3. The van der Waals surface area contributed by atoms with E-state index in [1.54, 1.807) is 44.4 Å². The summed E-state index contributed by atoms with van der Waals surface area (Å²) in [5, 5.41) is 14.7. The highest BCUT2D eigenvalue weighted by atomic mass is 16.3. The number of rotatable bonds is 7. The van der Waals surface area contributed by atoms with E-state index in [4.69, 9.17) is 0 Å². The summed E-state index contributed by atoms with van der Waals surface area (Å²) in [7, 11) is 3.20. The van der Waals surface area contributed by atoms with E-state index >= 15 is 0 Å². The molecule has 0 fully saturated rings. The molecule has 0 spiro atoms. The molecule has 0 saturated carbocycles. The number of hydrogen-bond acceptors (Lipinski definition) is 4. The molecule has 0 aliphatic rings. The molecule has 7 nitrogen and oxygen atoms in total. The Morgan fingerprint density at radius 3 is 2.33 bits per heavy atom. The first-order valence-electron chi connectivity index (χ1n) is 9.53. The van der Waals surface area contributed by atoms with Gasteiger partial charge in [-0.2, -0.15) is 0 Å². The molecule has 0 unspecified atom stereocenters. The Balaban J connectivity index is 1.95. The maximum Gasteiger partial charge on any atom is 0.251 e. The first kappa shape index (κ1) is 22.8. The molecule has 2 aromatic rings. The number of likely N-dealkylation sites (N-methyl/N-ethyl adjacent to an activating group) is 1. The van der Waals surface area contributed by atoms with E-state index in [0.29, 0.717) is 11.3 Å². The van der Waals surface area contributed by atoms with Gasteiger partial charge in [-0.3, -0.25) is 14.4 Å². The van der Waals surface area contributed by atoms with Crippen LogP contribution in [0.4, 0.5) is 5.69 Å². The molecule has 3 amide bonds. The van der Waals surface area contributed by atoms with E-state index in [1.165, 1.54) is 11.0 Å². The van der Waals surface area contributed by atoms with Crippen molar-refractivity contribution in [2.24, 2.45) is 0 Å². The number of aliphatic hydroxyl groups excluding tert-OH is 1. The molecule has 2 rings (SSSR count). The zero-order valence-electron chi connectivity index (χ0n) is 17.7. The molecular weight excluding hydrogens is 382 g/mol. The van der Waals surface area contributed by atoms with Crippen LogP contribution in [0.1, 0.15) is 32.6 Å². The number of aliphatic hydroxyl groups is 1. The third-order valence-electron chi connectivity index (χ3n) is 4.94. The molecule has 0 saturated heterocycles. The summed E-state index contributed by atoms with van der Waals surface area (Å²) in [6.07, 6.45) is 2.94. The van der Waals surface area contributed by atoms with Crippen molar-refractivity contribution in [1.29, 1.82) is 0 Å². The second-order valence-electron chi connectivity index (χ2n) is 6.87. The van der Waals surface area contributed by atoms with E-state index in [2.05, 4.69) is 10.6 Å². The molecule has 3 N–H and O–H groups in total. The number of amides is 3. The number of carbonyl (C=O) groups is 3. The lowest BCUT2D eigenvalue weighted by Crippen LogP contribution is -2.38. The van der Waals surface area contributed by atoms with Gasteiger partial charge in [0.05, 0.1) is 13.2 Å². The van der Waals surface area contributed by atoms with Gasteiger partial charge in [0.15, 0.2) is 0 Å². The van der Waals surface area contributed by atoms with E-state index in [9.17, 15) is 19.5 Å². The number of hydrogen-bond donors (Lipinski definition) is 3. The minimum absolute atomic E-state index is 0.0981. The largest absolute Gasteiger partial charge is 0.392 e. The fourth-order valence-corrected chi connectivity index (χ4v) is 3.02. The van der Waals surface area contributed by atoms with Gasteiger partial charge in [-0.15, -0.1) is 0 Å². The standard InChI is InChI=1S/C23H27N3O4/c1-15-5-11-20(16(2)19(15)14-27)26(4)22(29)13-25-21(28)12-8-17-6-9-18(10-7-17)23(30)24-3/h5-12,27H,13-14H2,1-4H3,(H,24,30)(H,25,28)/b12-8+. The Hall–Kier alpha value is -3.45. The maximum absolute atomic E-state index is 12.5. The van der Waals surface area contributed by atoms with Crippen LogP contribution >= 0.6 is 0 Å². The minimum Gasteiger partial charge on any atom is -0.392 e. The van der Waals surface area contributed by atoms with Crippen molar-refractivity contribution >= 4 is 29.5 Å². The summed E-state index contributed by atoms with van der Waals surface area (Å²) < 4.78 is 0. The van der Waals surface area contributed by atoms with Crippen molar-refractivity contribution in [2.45, 2.75) is 20.5 Å². The summed E-state index contributed by atoms with van der Waals surface area (Å²) in [6, 6.07) is 10.5. The van der Waals surface area contributed by atoms with E-state index in [0.717, 1.165) is 22.3 Å². The molecule has 0 aliphatic heterocycles. The quantitative estimate of drug-likeness (QED) is 0.609. The lowest BCUT2D eigenvalue weighted by molar-refractivity contribution is -0.122. The number of aryl methyl sites for hydroxylation is 1. The molecule has 0 heterocycles. The lowest BCUT2D eigenvalue weighted by Gasteiger charge is -2.22. The predicted octanol–water partition coefficient (Wildman–Crippen LogP) is 1.95. The van der Waals surface area contributed by atoms with Crippen molar-refractivity contribution in [3.63, 3.8) is 0 Å². The Labute approximate surface area is 176 Å². The van der Waals surface area contributed by atoms with Gasteiger partial charge in [0.1, 0.15) is 0 Å². The zero-order chi connectivity index (χ0) is 22.3. The summed E-state index contributed by atoms with van der Waals surface area (Å²) in [6.45, 7) is 3.51. The fraction of sp³-hybridized carbons (Fsp3) is 0.261. The van der Waals surface area contributed by atoms with Gasteiger partial charge in [0, 0.05) is 31.4 Å². The number of nitrogens with zero attached hydrogens (tertiary/aromatic N) is 1. The molecule has 0 radical (unpaired) electrons. The Morgan fingerprint density at radius 2 is 1.73 bits per heavy atom. The van der Waals surface area contributed by atoms with E-state index in [-0.39, 0.29) is 25.0 Å². The third-order valence-corrected chi connectivity index (χ3v) is 4.94. The number of nitrogens with one attached hydrogen (secondary N) is 2. The van der Waals surface area contributed by atoms with Gasteiger partial charge in [-0.05, 0) is 60.4 Å². The number of anilines is 1. The van der Waals surface area contributed by atoms with Crippen molar-refractivity contribution in [3.8, 4) is 0 Å². The smallest absolute Gasteiger partial charge is 0.251 e. The molecule has 30 heavy (non-hydrogen) atoms. The highest BCUT2D eigenvalue weighted by Gasteiger charge is 2.16. The molecule has 0 atom stereocenters. The first-order valence-corrected chi connectivity index (χ1v) is 9.53. The summed E-state index contributed by atoms with van der Waals surface area (Å²) in [5.41, 5.74) is 4.56. The van der Waals surface area contributed by atoms with Crippen LogP contribution in [-0.4, -0.2) is 43.5 Å². The van der Waals surface area contributed by atoms with Crippen LogP contribution in [0.5, 0.6) is 0 Å². The second-order valence-corrected chi connectivity index (χ2v) is 6.87. The van der Waals surface area contributed by atoms with Crippen molar-refractivity contribution in [3.05, 3.63) is 70.3 Å². The highest BCUT2D eigenvalue weighted by Crippen LogP contribution is 2.25. The predicted molar refractivity (Wildman–Crippen MR) is 117 cm³/mol. The third kappa shape index (κ3) is 5.55. The van der Waals surface area contributed by atoms with Crippen molar-refractivity contribution in [2.75, 3.05) is 25.5 Å². The average molecular weight is 409 g/mol. The van der Waals surface area contributed by atoms with Crippen LogP contribution in [0, 0.1) is 13.8 Å². The Kier molecular flexibility index (Phi) is 7.89. The molecule has 158 valence electrons. The van der Waals surface area contributed by atoms with E-state index < -0.39 is 5.91 Å². The Morgan fingerprint density at radius 1 is 1.07 bits per heavy atom. The zero-order valence-corrected chi connectivity index (χ0v) is 17.7. The lowest BCUT2D eigenvalue weighted by atomic mass is 10.0. The van der Waals surface area contributed by atoms with Crippen LogP contribution in [0.15, 0.2) is 42.5 Å². The minimum atomic E-state index is -0.399. The molecule has 7 heteroatoms. The maximum atomic E-state index is 12.5. The fourth-order valence-electron chi connectivity index (χ4n) is 3.02. The van der Waals surface area contributed by atoms with Gasteiger partial charge in [-0.1, -0.05) is 18.2 Å². The average Bonchev–Trinajstić information content (AvgIpc) is 2.75. The SMILES string of the molecule is CNC(=O)c1ccc(/C=C/C(=O)NCC(=O)N(C)c2ccc(C)c(CO)c2C)cc1. The highest BCUT2D eigenvalue weighted by molar-refractivity contribution is 5.99. The monoisotopic (exact) mass is 409 g/mol. The van der Waals surface area contributed by atoms with Crippen molar-refractivity contribution in [1.82, 2.24) is 10.6 Å². The molecule has 2 aromatic carbocycles. The molecule has 0 bridgehead atoms. The van der Waals surface area contributed by atoms with Gasteiger partial charge in [0.25, 0.3) is 5.91 Å². The summed E-state index contributed by atoms with van der Waals surface area (Å²) in [4.78, 5) is 37.5. The summed E-state index contributed by atoms with van der Waals surface area (Å²) >= 11 is 0. The van der Waals surface area contributed by atoms with Gasteiger partial charge in [0.2, 0.25) is 11.8 Å². The number of benzene rings is 2. The normalized spacial score (nSPS) is 10.7. The second kappa shape index (κ2) is 10.4. The topological polar surface area (TPSA) is 98.7 Å². The van der Waals surface area contributed by atoms with E-state index in [1.807, 2.05) is 26.0 Å². The van der Waals surface area contributed by atoms with Gasteiger partial charge in [-0.25, -0.2) is 0 Å². The van der Waals surface area contributed by atoms with Crippen LogP contribution < -0.4 is 15.5 Å². The van der Waals surface area contributed by atoms with Gasteiger partial charge < -0.3 is 20.6 Å².